The highest BCUT2D eigenvalue weighted by atomic mass is 32.2. The molecule has 1 heterocycles. The van der Waals surface area contributed by atoms with Crippen LogP contribution in [0.4, 0.5) is 5.69 Å². The number of amidine groups is 1. The fourth-order valence-corrected chi connectivity index (χ4v) is 3.57. The van der Waals surface area contributed by atoms with Gasteiger partial charge in [-0.05, 0) is 38.3 Å². The van der Waals surface area contributed by atoms with Crippen molar-refractivity contribution < 1.29 is 4.74 Å². The van der Waals surface area contributed by atoms with E-state index in [0.717, 1.165) is 41.6 Å². The van der Waals surface area contributed by atoms with E-state index in [-0.39, 0.29) is 11.6 Å². The van der Waals surface area contributed by atoms with Gasteiger partial charge in [0.25, 0.3) is 0 Å². The third-order valence-electron chi connectivity index (χ3n) is 4.13. The van der Waals surface area contributed by atoms with Gasteiger partial charge < -0.3 is 10.1 Å². The summed E-state index contributed by atoms with van der Waals surface area (Å²) in [7, 11) is 0. The first-order chi connectivity index (χ1) is 10.1. The molecule has 1 atom stereocenters. The molecule has 0 aliphatic carbocycles. The first kappa shape index (κ1) is 16.2. The van der Waals surface area contributed by atoms with Crippen molar-refractivity contribution in [1.29, 1.82) is 0 Å². The largest absolute Gasteiger partial charge is 0.491 e. The molecular weight excluding hydrogens is 280 g/mol. The number of ether oxygens (including phenoxy) is 1. The molecular formula is C17H26N2OS. The molecule has 1 aromatic carbocycles. The Balaban J connectivity index is 2.05. The third-order valence-corrected chi connectivity index (χ3v) is 5.28. The Morgan fingerprint density at radius 1 is 1.33 bits per heavy atom. The molecule has 2 rings (SSSR count). The lowest BCUT2D eigenvalue weighted by atomic mass is 9.97. The number of nitrogens with one attached hydrogen (secondary N) is 1. The first-order valence-corrected chi connectivity index (χ1v) is 8.85. The van der Waals surface area contributed by atoms with Gasteiger partial charge in [-0.25, -0.2) is 0 Å². The molecule has 1 aliphatic rings. The Hall–Kier alpha value is -1.16. The quantitative estimate of drug-likeness (QED) is 0.808. The molecule has 21 heavy (non-hydrogen) atoms. The summed E-state index contributed by atoms with van der Waals surface area (Å²) in [4.78, 5) is 4.89. The van der Waals surface area contributed by atoms with Crippen molar-refractivity contribution in [2.75, 3.05) is 11.1 Å². The maximum Gasteiger partial charge on any atom is 0.161 e. The maximum atomic E-state index is 5.87. The number of aliphatic imine (C=N–C) groups is 1. The summed E-state index contributed by atoms with van der Waals surface area (Å²) in [5.41, 5.74) is 1.17. The normalized spacial score (nSPS) is 18.2. The maximum absolute atomic E-state index is 5.87. The molecule has 0 fully saturated rings. The van der Waals surface area contributed by atoms with Gasteiger partial charge in [-0.3, -0.25) is 4.99 Å². The van der Waals surface area contributed by atoms with Crippen LogP contribution in [0.25, 0.3) is 0 Å². The summed E-state index contributed by atoms with van der Waals surface area (Å²) in [6.45, 7) is 8.66. The summed E-state index contributed by atoms with van der Waals surface area (Å²) in [6.07, 6.45) is 3.44. The molecule has 1 unspecified atom stereocenters. The van der Waals surface area contributed by atoms with Crippen LogP contribution >= 0.6 is 11.8 Å². The minimum atomic E-state index is 0.123. The van der Waals surface area contributed by atoms with Crippen molar-refractivity contribution >= 4 is 22.6 Å². The Morgan fingerprint density at radius 3 is 2.71 bits per heavy atom. The van der Waals surface area contributed by atoms with E-state index < -0.39 is 0 Å². The van der Waals surface area contributed by atoms with Gasteiger partial charge in [0.2, 0.25) is 0 Å². The second kappa shape index (κ2) is 7.21. The van der Waals surface area contributed by atoms with E-state index in [0.29, 0.717) is 0 Å². The molecule has 0 bridgehead atoms. The smallest absolute Gasteiger partial charge is 0.161 e. The fraction of sp³-hybridized carbons (Fsp3) is 0.588. The Bertz CT molecular complexity index is 497. The molecule has 0 saturated heterocycles. The van der Waals surface area contributed by atoms with E-state index in [1.54, 1.807) is 0 Å². The van der Waals surface area contributed by atoms with Crippen LogP contribution in [-0.2, 0) is 0 Å². The standard InChI is InChI=1S/C17H26N2OS/c1-5-13(4)20-15-10-8-9-14(11-15)18-16-19-17(6-2,7-3)12-21-16/h8-11,13H,5-7,12H2,1-4H3,(H,18,19). The molecule has 1 N–H and O–H groups in total. The molecule has 3 nitrogen and oxygen atoms in total. The zero-order chi connectivity index (χ0) is 15.3. The van der Waals surface area contributed by atoms with Crippen LogP contribution in [0.15, 0.2) is 29.3 Å². The number of nitrogens with zero attached hydrogens (tertiary/aromatic N) is 1. The van der Waals surface area contributed by atoms with Crippen molar-refractivity contribution in [3.63, 3.8) is 0 Å². The molecule has 1 aliphatic heterocycles. The number of anilines is 1. The average Bonchev–Trinajstić information content (AvgIpc) is 2.91. The number of hydrogen-bond acceptors (Lipinski definition) is 4. The molecule has 0 radical (unpaired) electrons. The molecule has 0 aromatic heterocycles. The van der Waals surface area contributed by atoms with Crippen LogP contribution in [-0.4, -0.2) is 22.6 Å². The highest BCUT2D eigenvalue weighted by molar-refractivity contribution is 8.14. The Labute approximate surface area is 132 Å². The molecule has 4 heteroatoms. The molecule has 0 spiro atoms. The zero-order valence-electron chi connectivity index (χ0n) is 13.5. The van der Waals surface area contributed by atoms with Crippen LogP contribution in [0.3, 0.4) is 0 Å². The van der Waals surface area contributed by atoms with Gasteiger partial charge in [0, 0.05) is 17.5 Å². The summed E-state index contributed by atoms with van der Waals surface area (Å²) < 4.78 is 5.87. The predicted molar refractivity (Wildman–Crippen MR) is 93.7 cm³/mol. The van der Waals surface area contributed by atoms with Gasteiger partial charge in [0.05, 0.1) is 11.6 Å². The van der Waals surface area contributed by atoms with Gasteiger partial charge in [0.1, 0.15) is 5.75 Å². The number of thioether (sulfide) groups is 1. The van der Waals surface area contributed by atoms with Crippen LogP contribution in [0.2, 0.25) is 0 Å². The van der Waals surface area contributed by atoms with E-state index in [4.69, 9.17) is 9.73 Å². The molecule has 116 valence electrons. The number of hydrogen-bond donors (Lipinski definition) is 1. The van der Waals surface area contributed by atoms with Crippen LogP contribution < -0.4 is 10.1 Å². The summed E-state index contributed by atoms with van der Waals surface area (Å²) in [5, 5.41) is 4.46. The number of rotatable bonds is 6. The second-order valence-corrected chi connectivity index (χ2v) is 6.59. The lowest BCUT2D eigenvalue weighted by Gasteiger charge is -2.20. The number of benzene rings is 1. The highest BCUT2D eigenvalue weighted by Crippen LogP contribution is 2.34. The lowest BCUT2D eigenvalue weighted by molar-refractivity contribution is 0.217. The van der Waals surface area contributed by atoms with Crippen LogP contribution in [0.5, 0.6) is 5.75 Å². The third kappa shape index (κ3) is 4.16. The van der Waals surface area contributed by atoms with Gasteiger partial charge >= 0.3 is 0 Å². The van der Waals surface area contributed by atoms with E-state index >= 15 is 0 Å². The molecule has 1 aromatic rings. The highest BCUT2D eigenvalue weighted by Gasteiger charge is 2.32. The minimum Gasteiger partial charge on any atom is -0.491 e. The van der Waals surface area contributed by atoms with E-state index in [9.17, 15) is 0 Å². The van der Waals surface area contributed by atoms with Crippen molar-refractivity contribution in [2.45, 2.75) is 58.6 Å². The molecule has 0 saturated carbocycles. The van der Waals surface area contributed by atoms with Gasteiger partial charge in [-0.15, -0.1) is 0 Å². The SMILES string of the molecule is CCC(C)Oc1cccc(NC2=NC(CC)(CC)CS2)c1. The zero-order valence-corrected chi connectivity index (χ0v) is 14.3. The van der Waals surface area contributed by atoms with Crippen LogP contribution in [0.1, 0.15) is 47.0 Å². The summed E-state index contributed by atoms with van der Waals surface area (Å²) in [6, 6.07) is 8.13. The van der Waals surface area contributed by atoms with Crippen LogP contribution in [0, 0.1) is 0 Å². The predicted octanol–water partition coefficient (Wildman–Crippen LogP) is 4.94. The fourth-order valence-electron chi connectivity index (χ4n) is 2.25. The Kier molecular flexibility index (Phi) is 5.57. The van der Waals surface area contributed by atoms with Crippen molar-refractivity contribution in [2.24, 2.45) is 4.99 Å². The van der Waals surface area contributed by atoms with Crippen molar-refractivity contribution in [3.05, 3.63) is 24.3 Å². The second-order valence-electron chi connectivity index (χ2n) is 5.63. The first-order valence-electron chi connectivity index (χ1n) is 7.87. The average molecular weight is 306 g/mol. The summed E-state index contributed by atoms with van der Waals surface area (Å²) in [5.74, 6) is 1.99. The topological polar surface area (TPSA) is 33.6 Å². The Morgan fingerprint density at radius 2 is 2.10 bits per heavy atom. The van der Waals surface area contributed by atoms with E-state index in [1.165, 1.54) is 0 Å². The minimum absolute atomic E-state index is 0.123. The van der Waals surface area contributed by atoms with Gasteiger partial charge in [-0.2, -0.15) is 0 Å². The lowest BCUT2D eigenvalue weighted by Crippen LogP contribution is -2.24. The van der Waals surface area contributed by atoms with Crippen molar-refractivity contribution in [1.82, 2.24) is 0 Å². The van der Waals surface area contributed by atoms with E-state index in [2.05, 4.69) is 39.1 Å². The van der Waals surface area contributed by atoms with E-state index in [1.807, 2.05) is 30.0 Å². The van der Waals surface area contributed by atoms with Crippen molar-refractivity contribution in [3.8, 4) is 5.75 Å². The van der Waals surface area contributed by atoms with Gasteiger partial charge in [0.15, 0.2) is 5.17 Å². The molecule has 0 amide bonds. The summed E-state index contributed by atoms with van der Waals surface area (Å²) >= 11 is 1.82. The monoisotopic (exact) mass is 306 g/mol. The van der Waals surface area contributed by atoms with Gasteiger partial charge in [-0.1, -0.05) is 38.6 Å².